The number of amides is 1. The predicted octanol–water partition coefficient (Wildman–Crippen LogP) is 10.0. The van der Waals surface area contributed by atoms with Crippen molar-refractivity contribution < 1.29 is 14.3 Å². The van der Waals surface area contributed by atoms with Crippen LogP contribution in [0.5, 0.6) is 0 Å². The molecule has 0 bridgehead atoms. The fourth-order valence-corrected chi connectivity index (χ4v) is 15.4. The van der Waals surface area contributed by atoms with Crippen LogP contribution in [0.1, 0.15) is 113 Å². The van der Waals surface area contributed by atoms with Crippen LogP contribution >= 0.6 is 0 Å². The van der Waals surface area contributed by atoms with Crippen LogP contribution in [0.4, 0.5) is 4.79 Å². The van der Waals surface area contributed by atoms with Crippen LogP contribution < -0.4 is 0 Å². The molecule has 41 heavy (non-hydrogen) atoms. The summed E-state index contributed by atoms with van der Waals surface area (Å²) in [5.74, 6) is 0.816. The average molecular weight is 580 g/mol. The van der Waals surface area contributed by atoms with E-state index in [1.54, 1.807) is 0 Å². The number of ether oxygens (including phenoxy) is 1. The Morgan fingerprint density at radius 1 is 1.02 bits per heavy atom. The molecule has 0 spiro atoms. The van der Waals surface area contributed by atoms with E-state index in [2.05, 4.69) is 99.2 Å². The Hall–Kier alpha value is -2.14. The Bertz CT molecular complexity index is 1050. The molecular formula is C36H57NO3Si. The maximum atomic E-state index is 14.3. The van der Waals surface area contributed by atoms with Gasteiger partial charge >= 0.3 is 6.09 Å². The molecule has 0 unspecified atom stereocenters. The molecule has 1 aliphatic heterocycles. The molecule has 1 aromatic rings. The quantitative estimate of drug-likeness (QED) is 0.194. The van der Waals surface area contributed by atoms with Crippen molar-refractivity contribution in [1.82, 2.24) is 4.90 Å². The first kappa shape index (κ1) is 33.4. The molecule has 1 amide bonds. The van der Waals surface area contributed by atoms with Crippen LogP contribution in [0, 0.1) is 11.8 Å². The molecular weight excluding hydrogens is 522 g/mol. The lowest BCUT2D eigenvalue weighted by Crippen LogP contribution is -2.54. The highest BCUT2D eigenvalue weighted by Gasteiger charge is 2.51. The topological polar surface area (TPSA) is 46.6 Å². The Balaban J connectivity index is 2.02. The van der Waals surface area contributed by atoms with Gasteiger partial charge in [0.2, 0.25) is 0 Å². The number of carbonyl (C=O) groups excluding carboxylic acids is 2. The van der Waals surface area contributed by atoms with E-state index < -0.39 is 8.07 Å². The minimum atomic E-state index is -2.26. The molecule has 3 rings (SSSR count). The molecule has 1 aliphatic carbocycles. The zero-order valence-corrected chi connectivity index (χ0v) is 28.4. The van der Waals surface area contributed by atoms with Crippen LogP contribution in [-0.2, 0) is 14.9 Å². The lowest BCUT2D eigenvalue weighted by Gasteiger charge is -2.47. The van der Waals surface area contributed by atoms with Gasteiger partial charge in [0.25, 0.3) is 0 Å². The highest BCUT2D eigenvalue weighted by atomic mass is 28.3. The second-order valence-corrected chi connectivity index (χ2v) is 20.3. The van der Waals surface area contributed by atoms with Crippen LogP contribution in [0.25, 0.3) is 0 Å². The fraction of sp³-hybridized carbons (Fsp3) is 0.667. The first-order valence-electron chi connectivity index (χ1n) is 16.2. The van der Waals surface area contributed by atoms with Gasteiger partial charge in [0, 0.05) is 24.6 Å². The summed E-state index contributed by atoms with van der Waals surface area (Å²) in [6.07, 6.45) is 9.67. The zero-order valence-electron chi connectivity index (χ0n) is 27.4. The number of hydrogen-bond donors (Lipinski definition) is 0. The smallest absolute Gasteiger partial charge is 0.414 e. The normalized spacial score (nSPS) is 23.1. The third kappa shape index (κ3) is 6.92. The van der Waals surface area contributed by atoms with Crippen molar-refractivity contribution >= 4 is 20.0 Å². The van der Waals surface area contributed by atoms with E-state index in [9.17, 15) is 9.59 Å². The number of rotatable bonds is 11. The van der Waals surface area contributed by atoms with Gasteiger partial charge in [-0.05, 0) is 70.8 Å². The SMILES string of the molecule is C=CC[C@@H](C)C[C@H]1CC(=O)C([Si](C(C)C)(C(C)C)C(C)C)=CN1C(=O)O[C@H]1CCCC[C@@H]1C(C)(C)c1ccccc1. The van der Waals surface area contributed by atoms with Gasteiger partial charge in [0.05, 0.1) is 0 Å². The molecule has 4 nitrogen and oxygen atoms in total. The number of nitrogens with zero attached hydrogens (tertiary/aromatic N) is 1. The van der Waals surface area contributed by atoms with Crippen molar-refractivity contribution in [2.75, 3.05) is 0 Å². The average Bonchev–Trinajstić information content (AvgIpc) is 2.90. The maximum absolute atomic E-state index is 14.3. The van der Waals surface area contributed by atoms with Crippen molar-refractivity contribution in [3.63, 3.8) is 0 Å². The van der Waals surface area contributed by atoms with Crippen LogP contribution in [0.3, 0.4) is 0 Å². The molecule has 1 fully saturated rings. The highest BCUT2D eigenvalue weighted by Crippen LogP contribution is 2.49. The van der Waals surface area contributed by atoms with E-state index in [1.807, 2.05) is 17.2 Å². The molecule has 2 aliphatic rings. The van der Waals surface area contributed by atoms with Gasteiger partial charge in [0.15, 0.2) is 5.78 Å². The van der Waals surface area contributed by atoms with Crippen molar-refractivity contribution in [3.8, 4) is 0 Å². The molecule has 5 heteroatoms. The molecule has 1 saturated carbocycles. The first-order chi connectivity index (χ1) is 19.3. The highest BCUT2D eigenvalue weighted by molar-refractivity contribution is 6.93. The molecule has 0 radical (unpaired) electrons. The Kier molecular flexibility index (Phi) is 11.3. The standard InChI is InChI=1S/C36H57NO3Si/c1-11-17-28(8)22-30-23-32(38)34(41(25(2)3,26(4)5)27(6)7)24-37(30)35(39)40-33-21-16-15-20-31(33)36(9,10)29-18-13-12-14-19-29/h11-14,18-19,24-28,30-31,33H,1,15-17,20-23H2,2-10H3/t28-,30+,31+,33+/m1/s1. The van der Waals surface area contributed by atoms with Gasteiger partial charge in [-0.3, -0.25) is 9.69 Å². The van der Waals surface area contributed by atoms with Gasteiger partial charge in [-0.15, -0.1) is 6.58 Å². The largest absolute Gasteiger partial charge is 0.446 e. The fourth-order valence-electron chi connectivity index (χ4n) is 8.60. The van der Waals surface area contributed by atoms with Crippen molar-refractivity contribution in [2.45, 2.75) is 141 Å². The Morgan fingerprint density at radius 3 is 2.17 bits per heavy atom. The minimum absolute atomic E-state index is 0.113. The number of ketones is 1. The summed E-state index contributed by atoms with van der Waals surface area (Å²) in [5, 5.41) is 0.937. The van der Waals surface area contributed by atoms with Gasteiger partial charge in [-0.25, -0.2) is 4.79 Å². The lowest BCUT2D eigenvalue weighted by atomic mass is 9.66. The van der Waals surface area contributed by atoms with E-state index in [0.29, 0.717) is 29.0 Å². The Morgan fingerprint density at radius 2 is 1.61 bits per heavy atom. The van der Waals surface area contributed by atoms with Crippen LogP contribution in [-0.4, -0.2) is 37.0 Å². The summed E-state index contributed by atoms with van der Waals surface area (Å²) in [4.78, 5) is 30.1. The second-order valence-electron chi connectivity index (χ2n) is 14.4. The van der Waals surface area contributed by atoms with Crippen molar-refractivity contribution in [3.05, 3.63) is 59.9 Å². The summed E-state index contributed by atoms with van der Waals surface area (Å²) >= 11 is 0. The number of carbonyl (C=O) groups is 2. The van der Waals surface area contributed by atoms with Crippen LogP contribution in [0.2, 0.25) is 16.6 Å². The molecule has 0 aromatic heterocycles. The minimum Gasteiger partial charge on any atom is -0.446 e. The summed E-state index contributed by atoms with van der Waals surface area (Å²) in [6, 6.07) is 10.5. The van der Waals surface area contributed by atoms with E-state index >= 15 is 0 Å². The molecule has 0 saturated heterocycles. The number of benzene rings is 1. The number of allylic oxidation sites excluding steroid dienone is 2. The summed E-state index contributed by atoms with van der Waals surface area (Å²) in [5.41, 5.74) is 2.35. The van der Waals surface area contributed by atoms with Crippen LogP contribution in [0.15, 0.2) is 54.4 Å². The first-order valence-corrected chi connectivity index (χ1v) is 18.4. The summed E-state index contributed by atoms with van der Waals surface area (Å²) < 4.78 is 6.53. The summed E-state index contributed by atoms with van der Waals surface area (Å²) in [6.45, 7) is 24.4. The van der Waals surface area contributed by atoms with E-state index in [-0.39, 0.29) is 35.4 Å². The van der Waals surface area contributed by atoms with Gasteiger partial charge in [0.1, 0.15) is 14.2 Å². The maximum Gasteiger partial charge on any atom is 0.414 e. The van der Waals surface area contributed by atoms with E-state index in [4.69, 9.17) is 4.74 Å². The van der Waals surface area contributed by atoms with Crippen molar-refractivity contribution in [2.24, 2.45) is 11.8 Å². The van der Waals surface area contributed by atoms with Gasteiger partial charge < -0.3 is 4.74 Å². The number of hydrogen-bond acceptors (Lipinski definition) is 3. The molecule has 1 aromatic carbocycles. The third-order valence-electron chi connectivity index (χ3n) is 10.6. The molecule has 0 N–H and O–H groups in total. The Labute approximate surface area is 252 Å². The van der Waals surface area contributed by atoms with E-state index in [1.165, 1.54) is 5.56 Å². The van der Waals surface area contributed by atoms with Crippen molar-refractivity contribution in [1.29, 1.82) is 0 Å². The lowest BCUT2D eigenvalue weighted by molar-refractivity contribution is -0.117. The monoisotopic (exact) mass is 579 g/mol. The van der Waals surface area contributed by atoms with E-state index in [0.717, 1.165) is 43.7 Å². The predicted molar refractivity (Wildman–Crippen MR) is 175 cm³/mol. The number of Topliss-reactive ketones (excluding diaryl/α,β-unsaturated/α-hetero) is 1. The molecule has 228 valence electrons. The second kappa shape index (κ2) is 13.9. The zero-order chi connectivity index (χ0) is 30.5. The van der Waals surface area contributed by atoms with Gasteiger partial charge in [-0.2, -0.15) is 0 Å². The third-order valence-corrected chi connectivity index (χ3v) is 17.6. The summed E-state index contributed by atoms with van der Waals surface area (Å²) in [7, 11) is -2.26. The molecule has 1 heterocycles. The molecule has 4 atom stereocenters. The van der Waals surface area contributed by atoms with Gasteiger partial charge in [-0.1, -0.05) is 105 Å².